The molecular weight excluding hydrogens is 310 g/mol. The van der Waals surface area contributed by atoms with Crippen LogP contribution in [0.3, 0.4) is 0 Å². The molecule has 1 atom stereocenters. The van der Waals surface area contributed by atoms with Gasteiger partial charge in [0.2, 0.25) is 10.0 Å². The Balaban J connectivity index is 2.26. The average Bonchev–Trinajstić information content (AvgIpc) is 2.56. The SMILES string of the molecule is Cc1ccc(S(=O)(=O)N(CC=C2CCCCC2)[C@@H](C)C=O)cc1. The zero-order chi connectivity index (χ0) is 16.9. The molecule has 0 saturated heterocycles. The molecule has 1 aliphatic rings. The van der Waals surface area contributed by atoms with Crippen LogP contribution in [-0.4, -0.2) is 31.6 Å². The maximum atomic E-state index is 12.9. The molecule has 0 aliphatic heterocycles. The Morgan fingerprint density at radius 3 is 2.30 bits per heavy atom. The zero-order valence-corrected chi connectivity index (χ0v) is 14.7. The maximum absolute atomic E-state index is 12.9. The lowest BCUT2D eigenvalue weighted by molar-refractivity contribution is -0.110. The van der Waals surface area contributed by atoms with Crippen LogP contribution in [0.5, 0.6) is 0 Å². The summed E-state index contributed by atoms with van der Waals surface area (Å²) in [6.45, 7) is 3.79. The highest BCUT2D eigenvalue weighted by Crippen LogP contribution is 2.24. The van der Waals surface area contributed by atoms with E-state index in [1.807, 2.05) is 13.0 Å². The Labute approximate surface area is 139 Å². The summed E-state index contributed by atoms with van der Waals surface area (Å²) in [4.78, 5) is 11.4. The first kappa shape index (κ1) is 17.9. The second-order valence-electron chi connectivity index (χ2n) is 6.19. The lowest BCUT2D eigenvalue weighted by atomic mass is 9.95. The Morgan fingerprint density at radius 2 is 1.74 bits per heavy atom. The van der Waals surface area contributed by atoms with Crippen molar-refractivity contribution in [2.45, 2.75) is 56.9 Å². The standard InChI is InChI=1S/C18H25NO3S/c1-15-8-10-18(11-9-15)23(21,22)19(16(2)14-20)13-12-17-6-4-3-5-7-17/h8-12,14,16H,3-7,13H2,1-2H3/t16-/m0/s1. The predicted octanol–water partition coefficient (Wildman–Crippen LogP) is 3.46. The minimum atomic E-state index is -3.67. The van der Waals surface area contributed by atoms with E-state index in [2.05, 4.69) is 0 Å². The summed E-state index contributed by atoms with van der Waals surface area (Å²) < 4.78 is 27.0. The molecule has 5 heteroatoms. The molecule has 0 radical (unpaired) electrons. The first-order valence-corrected chi connectivity index (χ1v) is 9.61. The molecule has 0 amide bonds. The molecule has 0 spiro atoms. The molecule has 1 fully saturated rings. The largest absolute Gasteiger partial charge is 0.302 e. The third kappa shape index (κ3) is 4.52. The van der Waals surface area contributed by atoms with Gasteiger partial charge in [0, 0.05) is 6.54 Å². The van der Waals surface area contributed by atoms with Gasteiger partial charge in [0.25, 0.3) is 0 Å². The van der Waals surface area contributed by atoms with Crippen molar-refractivity contribution in [2.75, 3.05) is 6.54 Å². The Morgan fingerprint density at radius 1 is 1.13 bits per heavy atom. The molecular formula is C18H25NO3S. The fourth-order valence-corrected chi connectivity index (χ4v) is 4.33. The molecule has 1 aliphatic carbocycles. The van der Waals surface area contributed by atoms with Crippen LogP contribution in [0, 0.1) is 6.92 Å². The average molecular weight is 335 g/mol. The van der Waals surface area contributed by atoms with Gasteiger partial charge in [-0.2, -0.15) is 4.31 Å². The summed E-state index contributed by atoms with van der Waals surface area (Å²) in [7, 11) is -3.67. The van der Waals surface area contributed by atoms with E-state index in [-0.39, 0.29) is 11.4 Å². The van der Waals surface area contributed by atoms with Gasteiger partial charge >= 0.3 is 0 Å². The fraction of sp³-hybridized carbons (Fsp3) is 0.500. The van der Waals surface area contributed by atoms with E-state index < -0.39 is 16.1 Å². The van der Waals surface area contributed by atoms with Crippen LogP contribution in [0.2, 0.25) is 0 Å². The van der Waals surface area contributed by atoms with Crippen molar-refractivity contribution in [1.29, 1.82) is 0 Å². The number of hydrogen-bond acceptors (Lipinski definition) is 3. The molecule has 0 aromatic heterocycles. The highest BCUT2D eigenvalue weighted by Gasteiger charge is 2.28. The van der Waals surface area contributed by atoms with E-state index >= 15 is 0 Å². The van der Waals surface area contributed by atoms with Gasteiger partial charge in [-0.3, -0.25) is 0 Å². The first-order chi connectivity index (χ1) is 10.9. The first-order valence-electron chi connectivity index (χ1n) is 8.17. The molecule has 1 saturated carbocycles. The smallest absolute Gasteiger partial charge is 0.243 e. The molecule has 0 heterocycles. The van der Waals surface area contributed by atoms with E-state index in [9.17, 15) is 13.2 Å². The van der Waals surface area contributed by atoms with E-state index in [0.717, 1.165) is 18.4 Å². The molecule has 0 N–H and O–H groups in total. The Kier molecular flexibility index (Phi) is 6.13. The zero-order valence-electron chi connectivity index (χ0n) is 13.9. The normalized spacial score (nSPS) is 17.1. The summed E-state index contributed by atoms with van der Waals surface area (Å²) >= 11 is 0. The number of benzene rings is 1. The summed E-state index contributed by atoms with van der Waals surface area (Å²) in [5.41, 5.74) is 2.31. The molecule has 4 nitrogen and oxygen atoms in total. The van der Waals surface area contributed by atoms with E-state index in [4.69, 9.17) is 0 Å². The summed E-state index contributed by atoms with van der Waals surface area (Å²) in [6, 6.07) is 6.07. The van der Waals surface area contributed by atoms with Crippen molar-refractivity contribution in [3.8, 4) is 0 Å². The van der Waals surface area contributed by atoms with E-state index in [0.29, 0.717) is 6.29 Å². The van der Waals surface area contributed by atoms with Crippen molar-refractivity contribution < 1.29 is 13.2 Å². The number of aryl methyl sites for hydroxylation is 1. The quantitative estimate of drug-likeness (QED) is 0.591. The van der Waals surface area contributed by atoms with Crippen LogP contribution in [-0.2, 0) is 14.8 Å². The van der Waals surface area contributed by atoms with Crippen molar-refractivity contribution in [2.24, 2.45) is 0 Å². The number of carbonyl (C=O) groups is 1. The van der Waals surface area contributed by atoms with Gasteiger partial charge in [0.1, 0.15) is 6.29 Å². The van der Waals surface area contributed by atoms with Gasteiger partial charge in [-0.15, -0.1) is 0 Å². The fourth-order valence-electron chi connectivity index (χ4n) is 2.83. The van der Waals surface area contributed by atoms with Crippen LogP contribution in [0.25, 0.3) is 0 Å². The molecule has 126 valence electrons. The van der Waals surface area contributed by atoms with Gasteiger partial charge in [-0.05, 0) is 51.7 Å². The number of allylic oxidation sites excluding steroid dienone is 1. The van der Waals surface area contributed by atoms with Crippen molar-refractivity contribution in [3.05, 3.63) is 41.5 Å². The van der Waals surface area contributed by atoms with Crippen LogP contribution in [0.15, 0.2) is 40.8 Å². The number of sulfonamides is 1. The van der Waals surface area contributed by atoms with Crippen molar-refractivity contribution >= 4 is 16.3 Å². The highest BCUT2D eigenvalue weighted by atomic mass is 32.2. The highest BCUT2D eigenvalue weighted by molar-refractivity contribution is 7.89. The van der Waals surface area contributed by atoms with Crippen molar-refractivity contribution in [3.63, 3.8) is 0 Å². The molecule has 1 aromatic carbocycles. The molecule has 23 heavy (non-hydrogen) atoms. The number of nitrogens with zero attached hydrogens (tertiary/aromatic N) is 1. The lowest BCUT2D eigenvalue weighted by Crippen LogP contribution is -2.39. The summed E-state index contributed by atoms with van der Waals surface area (Å²) in [6.07, 6.45) is 8.32. The minimum absolute atomic E-state index is 0.235. The maximum Gasteiger partial charge on any atom is 0.243 e. The molecule has 2 rings (SSSR count). The third-order valence-electron chi connectivity index (χ3n) is 4.33. The van der Waals surface area contributed by atoms with Gasteiger partial charge in [0.15, 0.2) is 0 Å². The van der Waals surface area contributed by atoms with Gasteiger partial charge in [-0.1, -0.05) is 35.8 Å². The molecule has 1 aromatic rings. The van der Waals surface area contributed by atoms with Crippen LogP contribution >= 0.6 is 0 Å². The minimum Gasteiger partial charge on any atom is -0.302 e. The molecule has 0 bridgehead atoms. The van der Waals surface area contributed by atoms with Gasteiger partial charge in [-0.25, -0.2) is 8.42 Å². The summed E-state index contributed by atoms with van der Waals surface area (Å²) in [5.74, 6) is 0. The predicted molar refractivity (Wildman–Crippen MR) is 91.8 cm³/mol. The number of aldehydes is 1. The number of rotatable bonds is 6. The van der Waals surface area contributed by atoms with Crippen LogP contribution in [0.4, 0.5) is 0 Å². The lowest BCUT2D eigenvalue weighted by Gasteiger charge is -2.25. The Hall–Kier alpha value is -1.46. The van der Waals surface area contributed by atoms with Gasteiger partial charge in [0.05, 0.1) is 10.9 Å². The topological polar surface area (TPSA) is 54.5 Å². The third-order valence-corrected chi connectivity index (χ3v) is 6.30. The molecule has 0 unspecified atom stereocenters. The van der Waals surface area contributed by atoms with E-state index in [1.54, 1.807) is 31.2 Å². The second kappa shape index (κ2) is 7.88. The second-order valence-corrected chi connectivity index (χ2v) is 8.08. The summed E-state index contributed by atoms with van der Waals surface area (Å²) in [5, 5.41) is 0. The monoisotopic (exact) mass is 335 g/mol. The number of carbonyl (C=O) groups excluding carboxylic acids is 1. The van der Waals surface area contributed by atoms with Crippen LogP contribution in [0.1, 0.15) is 44.6 Å². The van der Waals surface area contributed by atoms with Gasteiger partial charge < -0.3 is 4.79 Å². The Bertz CT molecular complexity index is 654. The number of hydrogen-bond donors (Lipinski definition) is 0. The van der Waals surface area contributed by atoms with Crippen LogP contribution < -0.4 is 0 Å². The van der Waals surface area contributed by atoms with E-state index in [1.165, 1.54) is 29.1 Å². The van der Waals surface area contributed by atoms with Crippen molar-refractivity contribution in [1.82, 2.24) is 4.31 Å².